The second-order valence-corrected chi connectivity index (χ2v) is 9.11. The van der Waals surface area contributed by atoms with Crippen LogP contribution in [0.4, 0.5) is 0 Å². The number of amides is 1. The number of halogens is 1. The predicted octanol–water partition coefficient (Wildman–Crippen LogP) is 2.70. The third-order valence-corrected chi connectivity index (χ3v) is 6.77. The van der Waals surface area contributed by atoms with Crippen LogP contribution in [0.5, 0.6) is 0 Å². The van der Waals surface area contributed by atoms with Gasteiger partial charge in [0.2, 0.25) is 0 Å². The van der Waals surface area contributed by atoms with E-state index in [9.17, 15) is 13.2 Å². The van der Waals surface area contributed by atoms with Crippen molar-refractivity contribution in [3.8, 4) is 0 Å². The second-order valence-electron chi connectivity index (χ2n) is 6.44. The Bertz CT molecular complexity index is 672. The van der Waals surface area contributed by atoms with Crippen LogP contribution in [0, 0.1) is 0 Å². The molecule has 0 saturated carbocycles. The van der Waals surface area contributed by atoms with E-state index < -0.39 is 9.84 Å². The van der Waals surface area contributed by atoms with Crippen molar-refractivity contribution in [3.63, 3.8) is 0 Å². The van der Waals surface area contributed by atoms with Crippen molar-refractivity contribution in [3.05, 3.63) is 34.9 Å². The molecule has 1 aliphatic heterocycles. The molecule has 1 fully saturated rings. The van der Waals surface area contributed by atoms with Crippen molar-refractivity contribution in [2.75, 3.05) is 37.7 Å². The molecule has 0 aromatic heterocycles. The van der Waals surface area contributed by atoms with E-state index in [2.05, 4.69) is 18.7 Å². The zero-order valence-corrected chi connectivity index (χ0v) is 16.5. The van der Waals surface area contributed by atoms with Crippen LogP contribution in [-0.2, 0) is 9.84 Å². The normalized spacial score (nSPS) is 19.3. The Balaban J connectivity index is 2.11. The Kier molecular flexibility index (Phi) is 7.28. The zero-order valence-electron chi connectivity index (χ0n) is 14.9. The first-order chi connectivity index (χ1) is 11.9. The number of carbonyl (C=O) groups is 1. The summed E-state index contributed by atoms with van der Waals surface area (Å²) in [6, 6.07) is 6.55. The maximum absolute atomic E-state index is 12.9. The van der Waals surface area contributed by atoms with Gasteiger partial charge in [-0.15, -0.1) is 0 Å². The molecule has 0 radical (unpaired) electrons. The molecular weight excluding hydrogens is 360 g/mol. The summed E-state index contributed by atoms with van der Waals surface area (Å²) in [5, 5.41) is 0.577. The molecular formula is C18H27ClN2O3S. The molecule has 0 bridgehead atoms. The molecule has 5 nitrogen and oxygen atoms in total. The first-order valence-corrected chi connectivity index (χ1v) is 11.1. The zero-order chi connectivity index (χ0) is 18.4. The van der Waals surface area contributed by atoms with Crippen LogP contribution in [0.1, 0.15) is 37.0 Å². The smallest absolute Gasteiger partial charge is 0.254 e. The van der Waals surface area contributed by atoms with Crippen LogP contribution in [0.25, 0.3) is 0 Å². The van der Waals surface area contributed by atoms with Gasteiger partial charge in [-0.1, -0.05) is 25.4 Å². The second kappa shape index (κ2) is 9.01. The van der Waals surface area contributed by atoms with E-state index in [1.54, 1.807) is 29.2 Å². The number of hydrogen-bond donors (Lipinski definition) is 0. The standard InChI is InChI=1S/C18H27ClN2O3S/c1-3-20(4-2)11-5-12-21(17-10-13-25(23,24)14-17)18(22)15-6-8-16(19)9-7-15/h6-9,17H,3-5,10-14H2,1-2H3. The number of nitrogens with zero attached hydrogens (tertiary/aromatic N) is 2. The van der Waals surface area contributed by atoms with Gasteiger partial charge in [0.15, 0.2) is 9.84 Å². The molecule has 1 amide bonds. The van der Waals surface area contributed by atoms with E-state index in [0.29, 0.717) is 23.6 Å². The summed E-state index contributed by atoms with van der Waals surface area (Å²) in [7, 11) is -3.04. The highest BCUT2D eigenvalue weighted by molar-refractivity contribution is 7.91. The number of hydrogen-bond acceptors (Lipinski definition) is 4. The Morgan fingerprint density at radius 1 is 1.16 bits per heavy atom. The largest absolute Gasteiger partial charge is 0.335 e. The number of benzene rings is 1. The summed E-state index contributed by atoms with van der Waals surface area (Å²) < 4.78 is 23.7. The van der Waals surface area contributed by atoms with Crippen molar-refractivity contribution in [1.29, 1.82) is 0 Å². The van der Waals surface area contributed by atoms with Gasteiger partial charge in [-0.05, 0) is 56.7 Å². The molecule has 1 atom stereocenters. The maximum Gasteiger partial charge on any atom is 0.254 e. The molecule has 1 heterocycles. The van der Waals surface area contributed by atoms with E-state index in [1.165, 1.54) is 0 Å². The van der Waals surface area contributed by atoms with Gasteiger partial charge in [-0.25, -0.2) is 8.42 Å². The lowest BCUT2D eigenvalue weighted by Crippen LogP contribution is -2.42. The van der Waals surface area contributed by atoms with E-state index in [4.69, 9.17) is 11.6 Å². The molecule has 1 aromatic rings. The molecule has 2 rings (SSSR count). The first kappa shape index (κ1) is 20.2. The minimum absolute atomic E-state index is 0.0671. The van der Waals surface area contributed by atoms with Crippen LogP contribution in [-0.4, -0.2) is 67.9 Å². The number of carbonyl (C=O) groups excluding carboxylic acids is 1. The van der Waals surface area contributed by atoms with Gasteiger partial charge >= 0.3 is 0 Å². The van der Waals surface area contributed by atoms with Gasteiger partial charge in [0.1, 0.15) is 0 Å². The summed E-state index contributed by atoms with van der Waals surface area (Å²) in [5.74, 6) is 0.119. The minimum atomic E-state index is -3.04. The quantitative estimate of drug-likeness (QED) is 0.689. The highest BCUT2D eigenvalue weighted by Crippen LogP contribution is 2.21. The molecule has 7 heteroatoms. The van der Waals surface area contributed by atoms with E-state index in [0.717, 1.165) is 26.1 Å². The average Bonchev–Trinajstić information content (AvgIpc) is 2.95. The summed E-state index contributed by atoms with van der Waals surface area (Å²) in [6.45, 7) is 7.64. The summed E-state index contributed by atoms with van der Waals surface area (Å²) in [5.41, 5.74) is 0.552. The van der Waals surface area contributed by atoms with Crippen LogP contribution in [0.3, 0.4) is 0 Å². The van der Waals surface area contributed by atoms with E-state index in [1.807, 2.05) is 0 Å². The molecule has 1 unspecified atom stereocenters. The van der Waals surface area contributed by atoms with Gasteiger partial charge < -0.3 is 9.80 Å². The minimum Gasteiger partial charge on any atom is -0.335 e. The average molecular weight is 387 g/mol. The molecule has 0 aliphatic carbocycles. The van der Waals surface area contributed by atoms with E-state index in [-0.39, 0.29) is 23.5 Å². The molecule has 0 N–H and O–H groups in total. The monoisotopic (exact) mass is 386 g/mol. The fraction of sp³-hybridized carbons (Fsp3) is 0.611. The Morgan fingerprint density at radius 2 is 1.80 bits per heavy atom. The molecule has 1 saturated heterocycles. The van der Waals surface area contributed by atoms with Crippen molar-refractivity contribution < 1.29 is 13.2 Å². The van der Waals surface area contributed by atoms with Gasteiger partial charge in [0, 0.05) is 23.2 Å². The Hall–Kier alpha value is -1.11. The topological polar surface area (TPSA) is 57.7 Å². The SMILES string of the molecule is CCN(CC)CCCN(C(=O)c1ccc(Cl)cc1)C1CCS(=O)(=O)C1. The van der Waals surface area contributed by atoms with Gasteiger partial charge in [0.05, 0.1) is 11.5 Å². The summed E-state index contributed by atoms with van der Waals surface area (Å²) in [6.07, 6.45) is 1.35. The highest BCUT2D eigenvalue weighted by Gasteiger charge is 2.34. The fourth-order valence-electron chi connectivity index (χ4n) is 3.23. The van der Waals surface area contributed by atoms with Crippen LogP contribution in [0.15, 0.2) is 24.3 Å². The lowest BCUT2D eigenvalue weighted by atomic mass is 10.1. The molecule has 1 aromatic carbocycles. The van der Waals surface area contributed by atoms with Gasteiger partial charge in [-0.3, -0.25) is 4.79 Å². The number of rotatable bonds is 8. The van der Waals surface area contributed by atoms with Gasteiger partial charge in [0.25, 0.3) is 5.91 Å². The van der Waals surface area contributed by atoms with Crippen molar-refractivity contribution in [2.45, 2.75) is 32.7 Å². The maximum atomic E-state index is 12.9. The van der Waals surface area contributed by atoms with Crippen molar-refractivity contribution in [1.82, 2.24) is 9.80 Å². The summed E-state index contributed by atoms with van der Waals surface area (Å²) in [4.78, 5) is 17.0. The molecule has 140 valence electrons. The van der Waals surface area contributed by atoms with Gasteiger partial charge in [-0.2, -0.15) is 0 Å². The third-order valence-electron chi connectivity index (χ3n) is 4.77. The Morgan fingerprint density at radius 3 is 2.32 bits per heavy atom. The van der Waals surface area contributed by atoms with Crippen LogP contribution >= 0.6 is 11.6 Å². The third kappa shape index (κ3) is 5.69. The molecule has 0 spiro atoms. The van der Waals surface area contributed by atoms with Crippen LogP contribution in [0.2, 0.25) is 5.02 Å². The van der Waals surface area contributed by atoms with Crippen molar-refractivity contribution in [2.24, 2.45) is 0 Å². The fourth-order valence-corrected chi connectivity index (χ4v) is 5.09. The Labute approximate surface area is 155 Å². The molecule has 1 aliphatic rings. The predicted molar refractivity (Wildman–Crippen MR) is 102 cm³/mol. The van der Waals surface area contributed by atoms with Crippen LogP contribution < -0.4 is 0 Å². The lowest BCUT2D eigenvalue weighted by Gasteiger charge is -2.29. The molecule has 25 heavy (non-hydrogen) atoms. The van der Waals surface area contributed by atoms with E-state index >= 15 is 0 Å². The lowest BCUT2D eigenvalue weighted by molar-refractivity contribution is 0.0688. The highest BCUT2D eigenvalue weighted by atomic mass is 35.5. The number of sulfone groups is 1. The first-order valence-electron chi connectivity index (χ1n) is 8.85. The summed E-state index contributed by atoms with van der Waals surface area (Å²) >= 11 is 5.90. The van der Waals surface area contributed by atoms with Crippen molar-refractivity contribution >= 4 is 27.3 Å².